The molecule has 2 N–H and O–H groups in total. The Hall–Kier alpha value is -2.78. The Labute approximate surface area is 190 Å². The van der Waals surface area contributed by atoms with Gasteiger partial charge in [-0.05, 0) is 68.0 Å². The molecule has 9 heteroatoms. The summed E-state index contributed by atoms with van der Waals surface area (Å²) in [6.45, 7) is 5.13. The molecule has 0 spiro atoms. The van der Waals surface area contributed by atoms with Gasteiger partial charge >= 0.3 is 6.03 Å². The van der Waals surface area contributed by atoms with Crippen LogP contribution in [0.1, 0.15) is 24.0 Å². The number of likely N-dealkylation sites (tertiary alicyclic amines) is 1. The van der Waals surface area contributed by atoms with Crippen LogP contribution >= 0.6 is 0 Å². The SMILES string of the molecule is COc1ccccc1NC(=O)N1CCC(CNS(=O)(=O)c2cc(C)c(OC)c(C)c2)CC1. The molecule has 2 aromatic rings. The van der Waals surface area contributed by atoms with E-state index in [4.69, 9.17) is 9.47 Å². The number of urea groups is 1. The number of aryl methyl sites for hydroxylation is 2. The fourth-order valence-electron chi connectivity index (χ4n) is 3.98. The molecule has 2 aromatic carbocycles. The number of nitrogens with one attached hydrogen (secondary N) is 2. The van der Waals surface area contributed by atoms with Gasteiger partial charge in [0.25, 0.3) is 0 Å². The molecule has 32 heavy (non-hydrogen) atoms. The Kier molecular flexibility index (Phi) is 7.63. The highest BCUT2D eigenvalue weighted by molar-refractivity contribution is 7.89. The highest BCUT2D eigenvalue weighted by atomic mass is 32.2. The van der Waals surface area contributed by atoms with Crippen molar-refractivity contribution in [2.75, 3.05) is 39.2 Å². The monoisotopic (exact) mass is 461 g/mol. The zero-order chi connectivity index (χ0) is 23.3. The predicted molar refractivity (Wildman–Crippen MR) is 124 cm³/mol. The molecule has 0 aliphatic carbocycles. The van der Waals surface area contributed by atoms with Crippen molar-refractivity contribution in [2.24, 2.45) is 5.92 Å². The van der Waals surface area contributed by atoms with Crippen molar-refractivity contribution in [3.63, 3.8) is 0 Å². The van der Waals surface area contributed by atoms with Gasteiger partial charge in [-0.3, -0.25) is 0 Å². The van der Waals surface area contributed by atoms with Crippen molar-refractivity contribution in [2.45, 2.75) is 31.6 Å². The molecule has 1 heterocycles. The van der Waals surface area contributed by atoms with Gasteiger partial charge < -0.3 is 19.7 Å². The molecule has 0 radical (unpaired) electrons. The molecule has 0 atom stereocenters. The van der Waals surface area contributed by atoms with E-state index >= 15 is 0 Å². The smallest absolute Gasteiger partial charge is 0.321 e. The van der Waals surface area contributed by atoms with Crippen molar-refractivity contribution in [1.29, 1.82) is 0 Å². The van der Waals surface area contributed by atoms with E-state index in [1.165, 1.54) is 0 Å². The summed E-state index contributed by atoms with van der Waals surface area (Å²) in [6, 6.07) is 10.3. The quantitative estimate of drug-likeness (QED) is 0.657. The molecular weight excluding hydrogens is 430 g/mol. The van der Waals surface area contributed by atoms with E-state index in [0.717, 1.165) is 24.0 Å². The molecule has 2 amide bonds. The third-order valence-corrected chi connectivity index (χ3v) is 7.16. The zero-order valence-electron chi connectivity index (χ0n) is 19.0. The fourth-order valence-corrected chi connectivity index (χ4v) is 5.27. The maximum absolute atomic E-state index is 12.8. The summed E-state index contributed by atoms with van der Waals surface area (Å²) in [5.41, 5.74) is 2.18. The maximum atomic E-state index is 12.8. The molecule has 174 valence electrons. The topological polar surface area (TPSA) is 97.0 Å². The van der Waals surface area contributed by atoms with Crippen LogP contribution in [0.2, 0.25) is 0 Å². The Balaban J connectivity index is 1.53. The Morgan fingerprint density at radius 1 is 1.06 bits per heavy atom. The van der Waals surface area contributed by atoms with Crippen molar-refractivity contribution < 1.29 is 22.7 Å². The number of amides is 2. The number of carbonyl (C=O) groups excluding carboxylic acids is 1. The molecule has 1 fully saturated rings. The second-order valence-corrected chi connectivity index (χ2v) is 9.77. The molecule has 0 bridgehead atoms. The average Bonchev–Trinajstić information content (AvgIpc) is 2.78. The van der Waals surface area contributed by atoms with Gasteiger partial charge in [0, 0.05) is 19.6 Å². The van der Waals surface area contributed by atoms with Gasteiger partial charge in [0.15, 0.2) is 0 Å². The van der Waals surface area contributed by atoms with E-state index in [1.807, 2.05) is 26.0 Å². The van der Waals surface area contributed by atoms with E-state index < -0.39 is 10.0 Å². The minimum Gasteiger partial charge on any atom is -0.496 e. The number of rotatable bonds is 7. The first kappa shape index (κ1) is 23.9. The van der Waals surface area contributed by atoms with E-state index in [0.29, 0.717) is 36.8 Å². The Bertz CT molecular complexity index is 1040. The number of para-hydroxylation sites is 2. The first-order valence-electron chi connectivity index (χ1n) is 10.6. The summed E-state index contributed by atoms with van der Waals surface area (Å²) in [5.74, 6) is 1.47. The van der Waals surface area contributed by atoms with E-state index in [-0.39, 0.29) is 16.8 Å². The summed E-state index contributed by atoms with van der Waals surface area (Å²) < 4.78 is 38.9. The number of carbonyl (C=O) groups is 1. The number of nitrogens with zero attached hydrogens (tertiary/aromatic N) is 1. The first-order chi connectivity index (χ1) is 15.2. The third-order valence-electron chi connectivity index (χ3n) is 5.76. The Morgan fingerprint density at radius 2 is 1.69 bits per heavy atom. The van der Waals surface area contributed by atoms with Crippen LogP contribution in [0.4, 0.5) is 10.5 Å². The lowest BCUT2D eigenvalue weighted by molar-refractivity contribution is 0.183. The highest BCUT2D eigenvalue weighted by Crippen LogP contribution is 2.27. The molecule has 1 aliphatic rings. The second-order valence-electron chi connectivity index (χ2n) is 8.00. The van der Waals surface area contributed by atoms with Crippen LogP contribution in [0, 0.1) is 19.8 Å². The van der Waals surface area contributed by atoms with Gasteiger partial charge in [-0.15, -0.1) is 0 Å². The van der Waals surface area contributed by atoms with Gasteiger partial charge in [0.05, 0.1) is 24.8 Å². The van der Waals surface area contributed by atoms with E-state index in [9.17, 15) is 13.2 Å². The average molecular weight is 462 g/mol. The van der Waals surface area contributed by atoms with Crippen molar-refractivity contribution in [3.05, 3.63) is 47.5 Å². The number of methoxy groups -OCH3 is 2. The first-order valence-corrected chi connectivity index (χ1v) is 12.1. The lowest BCUT2D eigenvalue weighted by Crippen LogP contribution is -2.43. The number of benzene rings is 2. The summed E-state index contributed by atoms with van der Waals surface area (Å²) in [6.07, 6.45) is 1.45. The predicted octanol–water partition coefficient (Wildman–Crippen LogP) is 3.54. The number of piperidine rings is 1. The standard InChI is InChI=1S/C23H31N3O5S/c1-16-13-19(14-17(2)22(16)31-4)32(28,29)24-15-18-9-11-26(12-10-18)23(27)25-20-7-5-6-8-21(20)30-3/h5-8,13-14,18,24H,9-12,15H2,1-4H3,(H,25,27). The van der Waals surface area contributed by atoms with Gasteiger partial charge in [-0.25, -0.2) is 17.9 Å². The van der Waals surface area contributed by atoms with Gasteiger partial charge in [-0.2, -0.15) is 0 Å². The van der Waals surface area contributed by atoms with Crippen LogP contribution in [0.25, 0.3) is 0 Å². The fraction of sp³-hybridized carbons (Fsp3) is 0.435. The van der Waals surface area contributed by atoms with Crippen LogP contribution in [-0.4, -0.2) is 53.2 Å². The number of hydrogen-bond acceptors (Lipinski definition) is 5. The zero-order valence-corrected chi connectivity index (χ0v) is 19.8. The lowest BCUT2D eigenvalue weighted by Gasteiger charge is -2.32. The summed E-state index contributed by atoms with van der Waals surface area (Å²) >= 11 is 0. The molecule has 1 aliphatic heterocycles. The van der Waals surface area contributed by atoms with Crippen LogP contribution in [0.5, 0.6) is 11.5 Å². The minimum atomic E-state index is -3.62. The maximum Gasteiger partial charge on any atom is 0.321 e. The molecule has 8 nitrogen and oxygen atoms in total. The summed E-state index contributed by atoms with van der Waals surface area (Å²) in [4.78, 5) is 14.6. The van der Waals surface area contributed by atoms with Crippen molar-refractivity contribution in [3.8, 4) is 11.5 Å². The number of sulfonamides is 1. The molecule has 0 saturated carbocycles. The number of anilines is 1. The van der Waals surface area contributed by atoms with Crippen LogP contribution in [0.15, 0.2) is 41.3 Å². The van der Waals surface area contributed by atoms with Crippen LogP contribution < -0.4 is 19.5 Å². The molecule has 3 rings (SSSR count). The number of hydrogen-bond donors (Lipinski definition) is 2. The summed E-state index contributed by atoms with van der Waals surface area (Å²) in [5, 5.41) is 2.88. The highest BCUT2D eigenvalue weighted by Gasteiger charge is 2.25. The Morgan fingerprint density at radius 3 is 2.28 bits per heavy atom. The van der Waals surface area contributed by atoms with Crippen molar-refractivity contribution >= 4 is 21.7 Å². The van der Waals surface area contributed by atoms with Gasteiger partial charge in [0.1, 0.15) is 11.5 Å². The van der Waals surface area contributed by atoms with Gasteiger partial charge in [-0.1, -0.05) is 12.1 Å². The van der Waals surface area contributed by atoms with Crippen LogP contribution in [-0.2, 0) is 10.0 Å². The van der Waals surface area contributed by atoms with Crippen LogP contribution in [0.3, 0.4) is 0 Å². The van der Waals surface area contributed by atoms with E-state index in [1.54, 1.807) is 43.4 Å². The third kappa shape index (κ3) is 5.52. The minimum absolute atomic E-state index is 0.167. The molecule has 0 aromatic heterocycles. The summed E-state index contributed by atoms with van der Waals surface area (Å²) in [7, 11) is -0.484. The lowest BCUT2D eigenvalue weighted by atomic mass is 9.97. The molecule has 0 unspecified atom stereocenters. The largest absolute Gasteiger partial charge is 0.496 e. The molecule has 1 saturated heterocycles. The normalized spacial score (nSPS) is 14.8. The second kappa shape index (κ2) is 10.2. The molecular formula is C23H31N3O5S. The van der Waals surface area contributed by atoms with Crippen molar-refractivity contribution in [1.82, 2.24) is 9.62 Å². The number of ether oxygens (including phenoxy) is 2. The van der Waals surface area contributed by atoms with E-state index in [2.05, 4.69) is 10.0 Å². The van der Waals surface area contributed by atoms with Gasteiger partial charge in [0.2, 0.25) is 10.0 Å².